The van der Waals surface area contributed by atoms with E-state index < -0.39 is 0 Å². The van der Waals surface area contributed by atoms with E-state index in [2.05, 4.69) is 51.9 Å². The Labute approximate surface area is 102 Å². The molecule has 0 aromatic carbocycles. The molecule has 0 saturated heterocycles. The van der Waals surface area contributed by atoms with Crippen LogP contribution < -0.4 is 0 Å². The average molecular weight is 223 g/mol. The van der Waals surface area contributed by atoms with Crippen molar-refractivity contribution in [3.63, 3.8) is 0 Å². The van der Waals surface area contributed by atoms with Gasteiger partial charge in [0.15, 0.2) is 0 Å². The molecule has 1 heteroatoms. The van der Waals surface area contributed by atoms with Gasteiger partial charge in [-0.2, -0.15) is 0 Å². The summed E-state index contributed by atoms with van der Waals surface area (Å²) in [5.41, 5.74) is 2.97. The van der Waals surface area contributed by atoms with Crippen LogP contribution in [0.1, 0.15) is 52.9 Å². The molecule has 0 aromatic rings. The number of allylic oxidation sites excluding steroid dienone is 4. The minimum atomic E-state index is 1.20. The summed E-state index contributed by atoms with van der Waals surface area (Å²) in [5, 5.41) is 0. The summed E-state index contributed by atoms with van der Waals surface area (Å²) in [7, 11) is 4.28. The van der Waals surface area contributed by atoms with Gasteiger partial charge in [0.05, 0.1) is 0 Å². The van der Waals surface area contributed by atoms with Crippen molar-refractivity contribution in [2.24, 2.45) is 0 Å². The van der Waals surface area contributed by atoms with Crippen molar-refractivity contribution < 1.29 is 0 Å². The molecule has 0 fully saturated rings. The molecule has 0 aliphatic heterocycles. The molecule has 0 heterocycles. The van der Waals surface area contributed by atoms with Crippen molar-refractivity contribution in [2.45, 2.75) is 52.9 Å². The van der Waals surface area contributed by atoms with E-state index in [0.717, 1.165) is 0 Å². The highest BCUT2D eigenvalue weighted by atomic mass is 15.0. The van der Waals surface area contributed by atoms with Gasteiger partial charge in [-0.15, -0.1) is 0 Å². The van der Waals surface area contributed by atoms with E-state index in [1.807, 2.05) is 0 Å². The van der Waals surface area contributed by atoms with Crippen LogP contribution in [0.5, 0.6) is 0 Å². The molecule has 0 aliphatic carbocycles. The van der Waals surface area contributed by atoms with E-state index in [9.17, 15) is 0 Å². The van der Waals surface area contributed by atoms with Crippen molar-refractivity contribution >= 4 is 0 Å². The maximum atomic E-state index is 2.41. The fourth-order valence-electron chi connectivity index (χ4n) is 1.61. The molecule has 0 radical (unpaired) electrons. The van der Waals surface area contributed by atoms with Gasteiger partial charge in [-0.1, -0.05) is 23.3 Å². The summed E-state index contributed by atoms with van der Waals surface area (Å²) in [6.07, 6.45) is 11.0. The Morgan fingerprint density at radius 1 is 0.938 bits per heavy atom. The quantitative estimate of drug-likeness (QED) is 0.435. The summed E-state index contributed by atoms with van der Waals surface area (Å²) >= 11 is 0. The van der Waals surface area contributed by atoms with Gasteiger partial charge in [0.1, 0.15) is 0 Å². The highest BCUT2D eigenvalue weighted by Crippen LogP contribution is 2.09. The lowest BCUT2D eigenvalue weighted by Crippen LogP contribution is -2.12. The van der Waals surface area contributed by atoms with Crippen LogP contribution in [0.3, 0.4) is 0 Å². The Balaban J connectivity index is 3.51. The van der Waals surface area contributed by atoms with Crippen LogP contribution in [0.15, 0.2) is 23.3 Å². The molecule has 0 spiro atoms. The van der Waals surface area contributed by atoms with Gasteiger partial charge < -0.3 is 4.90 Å². The molecular formula is C15H29N. The molecule has 0 atom stereocenters. The summed E-state index contributed by atoms with van der Waals surface area (Å²) < 4.78 is 0. The van der Waals surface area contributed by atoms with Crippen LogP contribution >= 0.6 is 0 Å². The first-order chi connectivity index (χ1) is 7.52. The highest BCUT2D eigenvalue weighted by Gasteiger charge is 1.91. The lowest BCUT2D eigenvalue weighted by molar-refractivity contribution is 0.395. The van der Waals surface area contributed by atoms with E-state index in [1.165, 1.54) is 44.2 Å². The molecule has 16 heavy (non-hydrogen) atoms. The Hall–Kier alpha value is -0.560. The first-order valence-corrected chi connectivity index (χ1v) is 6.46. The SMILES string of the molecule is CC(C)=CCC/C(C)=C/CCCCN(C)C. The summed E-state index contributed by atoms with van der Waals surface area (Å²) in [6.45, 7) is 7.80. The fraction of sp³-hybridized carbons (Fsp3) is 0.733. The Bertz CT molecular complexity index is 220. The smallest absolute Gasteiger partial charge is 0.00247 e. The van der Waals surface area contributed by atoms with Crippen LogP contribution in [0.2, 0.25) is 0 Å². The van der Waals surface area contributed by atoms with Crippen LogP contribution in [0, 0.1) is 0 Å². The Kier molecular flexibility index (Phi) is 9.31. The van der Waals surface area contributed by atoms with Crippen molar-refractivity contribution in [2.75, 3.05) is 20.6 Å². The first kappa shape index (κ1) is 15.4. The van der Waals surface area contributed by atoms with E-state index in [-0.39, 0.29) is 0 Å². The average Bonchev–Trinajstić information content (AvgIpc) is 2.16. The summed E-state index contributed by atoms with van der Waals surface area (Å²) in [6, 6.07) is 0. The zero-order valence-corrected chi connectivity index (χ0v) is 11.8. The monoisotopic (exact) mass is 223 g/mol. The van der Waals surface area contributed by atoms with Gasteiger partial charge in [-0.25, -0.2) is 0 Å². The molecule has 0 unspecified atom stereocenters. The zero-order valence-electron chi connectivity index (χ0n) is 11.8. The first-order valence-electron chi connectivity index (χ1n) is 6.46. The highest BCUT2D eigenvalue weighted by molar-refractivity contribution is 5.01. The topological polar surface area (TPSA) is 3.24 Å². The summed E-state index contributed by atoms with van der Waals surface area (Å²) in [5.74, 6) is 0. The van der Waals surface area contributed by atoms with Crippen LogP contribution in [-0.4, -0.2) is 25.5 Å². The predicted molar refractivity (Wildman–Crippen MR) is 74.8 cm³/mol. The normalized spacial score (nSPS) is 12.0. The molecule has 0 aromatic heterocycles. The van der Waals surface area contributed by atoms with Crippen LogP contribution in [0.25, 0.3) is 0 Å². The second kappa shape index (κ2) is 9.65. The van der Waals surface area contributed by atoms with Gasteiger partial charge in [-0.3, -0.25) is 0 Å². The molecule has 94 valence electrons. The third-order valence-corrected chi connectivity index (χ3v) is 2.64. The third-order valence-electron chi connectivity index (χ3n) is 2.64. The third kappa shape index (κ3) is 11.5. The molecule has 0 N–H and O–H groups in total. The number of hydrogen-bond donors (Lipinski definition) is 0. The maximum Gasteiger partial charge on any atom is -0.00247 e. The minimum Gasteiger partial charge on any atom is -0.309 e. The number of unbranched alkanes of at least 4 members (excludes halogenated alkanes) is 2. The molecule has 0 aliphatic rings. The fourth-order valence-corrected chi connectivity index (χ4v) is 1.61. The summed E-state index contributed by atoms with van der Waals surface area (Å²) in [4.78, 5) is 2.26. The van der Waals surface area contributed by atoms with Crippen LogP contribution in [0.4, 0.5) is 0 Å². The van der Waals surface area contributed by atoms with Crippen molar-refractivity contribution in [3.8, 4) is 0 Å². The van der Waals surface area contributed by atoms with Gasteiger partial charge in [0.2, 0.25) is 0 Å². The molecule has 0 amide bonds. The van der Waals surface area contributed by atoms with Gasteiger partial charge in [0, 0.05) is 0 Å². The van der Waals surface area contributed by atoms with Gasteiger partial charge in [-0.05, 0) is 73.5 Å². The van der Waals surface area contributed by atoms with E-state index in [1.54, 1.807) is 5.57 Å². The lowest BCUT2D eigenvalue weighted by Gasteiger charge is -2.07. The van der Waals surface area contributed by atoms with Crippen molar-refractivity contribution in [1.29, 1.82) is 0 Å². The lowest BCUT2D eigenvalue weighted by atomic mass is 10.1. The van der Waals surface area contributed by atoms with Crippen LogP contribution in [-0.2, 0) is 0 Å². The molecule has 0 rings (SSSR count). The molecule has 0 saturated carbocycles. The predicted octanol–water partition coefficient (Wildman–Crippen LogP) is 4.41. The molecule has 0 bridgehead atoms. The Morgan fingerprint density at radius 2 is 1.62 bits per heavy atom. The standard InChI is InChI=1S/C15H29N/c1-14(2)10-9-12-15(3)11-7-6-8-13-16(4)5/h10-11H,6-9,12-13H2,1-5H3/b15-11+. The van der Waals surface area contributed by atoms with Crippen molar-refractivity contribution in [1.82, 2.24) is 4.90 Å². The van der Waals surface area contributed by atoms with Crippen molar-refractivity contribution in [3.05, 3.63) is 23.3 Å². The number of nitrogens with zero attached hydrogens (tertiary/aromatic N) is 1. The molecular weight excluding hydrogens is 194 g/mol. The zero-order chi connectivity index (χ0) is 12.4. The van der Waals surface area contributed by atoms with Gasteiger partial charge >= 0.3 is 0 Å². The largest absolute Gasteiger partial charge is 0.309 e. The second-order valence-corrected chi connectivity index (χ2v) is 5.17. The number of rotatable bonds is 8. The Morgan fingerprint density at radius 3 is 2.19 bits per heavy atom. The molecule has 1 nitrogen and oxygen atoms in total. The van der Waals surface area contributed by atoms with E-state index >= 15 is 0 Å². The number of hydrogen-bond acceptors (Lipinski definition) is 1. The van der Waals surface area contributed by atoms with E-state index in [4.69, 9.17) is 0 Å². The second-order valence-electron chi connectivity index (χ2n) is 5.17. The van der Waals surface area contributed by atoms with Gasteiger partial charge in [0.25, 0.3) is 0 Å². The van der Waals surface area contributed by atoms with E-state index in [0.29, 0.717) is 0 Å². The maximum absolute atomic E-state index is 2.41. The minimum absolute atomic E-state index is 1.20.